The number of nitrogens with zero attached hydrogens (tertiary/aromatic N) is 8. The first-order valence-electron chi connectivity index (χ1n) is 31.2. The van der Waals surface area contributed by atoms with E-state index >= 15 is 0 Å². The summed E-state index contributed by atoms with van der Waals surface area (Å²) in [4.78, 5) is 61.2. The van der Waals surface area contributed by atoms with Crippen LogP contribution >= 0.6 is 11.3 Å². The lowest BCUT2D eigenvalue weighted by Crippen LogP contribution is -2.56. The van der Waals surface area contributed by atoms with Crippen LogP contribution in [0.25, 0.3) is 33.3 Å². The van der Waals surface area contributed by atoms with Crippen LogP contribution < -0.4 is 20.3 Å². The Balaban J connectivity index is 0.625. The quantitative estimate of drug-likeness (QED) is 0.0402. The summed E-state index contributed by atoms with van der Waals surface area (Å²) >= 11 is 1.56. The minimum atomic E-state index is -0.830. The van der Waals surface area contributed by atoms with E-state index in [0.29, 0.717) is 85.1 Å². The van der Waals surface area contributed by atoms with Crippen LogP contribution in [0.2, 0.25) is 0 Å². The number of hydrogen-bond acceptors (Lipinski definition) is 17. The van der Waals surface area contributed by atoms with Gasteiger partial charge in [0.1, 0.15) is 40.9 Å². The highest BCUT2D eigenvalue weighted by Crippen LogP contribution is 2.40. The largest absolute Gasteiger partial charge is 0.491 e. The second kappa shape index (κ2) is 31.9. The Morgan fingerprint density at radius 3 is 2.07 bits per heavy atom. The van der Waals surface area contributed by atoms with Crippen LogP contribution in [0.5, 0.6) is 5.75 Å². The minimum Gasteiger partial charge on any atom is -0.491 e. The van der Waals surface area contributed by atoms with Gasteiger partial charge in [-0.2, -0.15) is 5.10 Å². The number of aromatic nitrogens is 5. The number of rotatable bonds is 30. The maximum Gasteiger partial charge on any atom is 0.410 e. The second-order valence-corrected chi connectivity index (χ2v) is 24.9. The van der Waals surface area contributed by atoms with Gasteiger partial charge in [0, 0.05) is 56.3 Å². The maximum atomic E-state index is 14.7. The van der Waals surface area contributed by atoms with Crippen molar-refractivity contribution < 1.29 is 47.5 Å². The molecule has 3 aliphatic rings. The van der Waals surface area contributed by atoms with Crippen LogP contribution in [0.3, 0.4) is 0 Å². The first kappa shape index (κ1) is 64.7. The van der Waals surface area contributed by atoms with Crippen molar-refractivity contribution in [2.45, 2.75) is 141 Å². The molecule has 3 aromatic heterocycles. The van der Waals surface area contributed by atoms with Crippen LogP contribution in [0.15, 0.2) is 90.6 Å². The molecular weight excluding hydrogens is 1120 g/mol. The molecule has 0 spiro atoms. The lowest BCUT2D eigenvalue weighted by atomic mass is 9.83. The highest BCUT2D eigenvalue weighted by Gasteiger charge is 2.41. The molecule has 6 aromatic rings. The molecule has 4 heterocycles. The minimum absolute atomic E-state index is 0.0108. The first-order valence-corrected chi connectivity index (χ1v) is 32.0. The van der Waals surface area contributed by atoms with Crippen molar-refractivity contribution in [3.63, 3.8) is 0 Å². The van der Waals surface area contributed by atoms with E-state index in [9.17, 15) is 14.4 Å². The molecule has 21 heteroatoms. The summed E-state index contributed by atoms with van der Waals surface area (Å²) in [6, 6.07) is 23.0. The summed E-state index contributed by atoms with van der Waals surface area (Å²) in [5.41, 5.74) is 4.11. The Labute approximate surface area is 516 Å². The lowest BCUT2D eigenvalue weighted by Gasteiger charge is -2.36. The SMILES string of the molecule is C[C@@H](C(=O)N[C@H](C(=O)N1CCC[C@H]1c1nc(-c2ccc(OCCOCCOCCOCCOCCOC3CCC(Nc4nccc(-c5cnn(Cc6ccccc6)c5N(C)C)n4)CC3)c3ccccc23)cs1)C1CCCCC1)N(C)C(=O)OC(C)(C)C. The van der Waals surface area contributed by atoms with Crippen LogP contribution in [-0.4, -0.2) is 176 Å². The number of nitrogens with one attached hydrogen (secondary N) is 2. The Bertz CT molecular complexity index is 3120. The van der Waals surface area contributed by atoms with Crippen LogP contribution in [0, 0.1) is 5.92 Å². The molecule has 0 bridgehead atoms. The van der Waals surface area contributed by atoms with Crippen molar-refractivity contribution in [3.8, 4) is 28.3 Å². The van der Waals surface area contributed by atoms with Crippen molar-refractivity contribution in [1.29, 1.82) is 0 Å². The molecule has 2 aliphatic carbocycles. The van der Waals surface area contributed by atoms with E-state index in [0.717, 1.165) is 120 Å². The van der Waals surface area contributed by atoms with Gasteiger partial charge in [-0.1, -0.05) is 73.9 Å². The number of carbonyl (C=O) groups excluding carboxylic acids is 3. The fourth-order valence-corrected chi connectivity index (χ4v) is 12.7. The molecule has 1 aliphatic heterocycles. The molecule has 0 unspecified atom stereocenters. The molecule has 3 fully saturated rings. The molecule has 20 nitrogen and oxygen atoms in total. The number of likely N-dealkylation sites (N-methyl/N-ethyl adjacent to an activating group) is 1. The molecule has 2 N–H and O–H groups in total. The number of benzene rings is 3. The van der Waals surface area contributed by atoms with Gasteiger partial charge in [0.15, 0.2) is 0 Å². The molecule has 0 radical (unpaired) electrons. The predicted molar refractivity (Wildman–Crippen MR) is 338 cm³/mol. The standard InChI is InChI=1S/C66H90N10O10S/c1-46(74(7)65(79)86-66(2,3)4)60(77)72-59(48-19-12-9-13-20-48)63(78)75-32-16-23-57(75)61-70-56(45-87-61)52-28-29-58(53-22-15-14-21-51(52)53)85-42-40-83-38-36-81-34-33-80-35-37-82-39-41-84-50-26-24-49(25-27-50)69-64-67-31-30-55(71-64)54-43-68-76(62(54)73(5)6)44-47-17-10-8-11-18-47/h8,10-11,14-15,17-18,21-22,28-31,43,45-46,48-50,57,59H,9,12-13,16,19-20,23-27,32-42,44H2,1-7H3,(H,72,77)(H,67,69,71)/t46-,49?,50?,57-,59-/m0/s1. The number of ether oxygens (including phenoxy) is 7. The summed E-state index contributed by atoms with van der Waals surface area (Å²) < 4.78 is 43.0. The Morgan fingerprint density at radius 1 is 0.713 bits per heavy atom. The fourth-order valence-electron chi connectivity index (χ4n) is 11.7. The van der Waals surface area contributed by atoms with E-state index in [2.05, 4.69) is 50.2 Å². The molecular formula is C66H90N10O10S. The number of amides is 3. The van der Waals surface area contributed by atoms with Crippen LogP contribution in [-0.2, 0) is 44.6 Å². The summed E-state index contributed by atoms with van der Waals surface area (Å²) in [7, 11) is 5.62. The third kappa shape index (κ3) is 18.2. The van der Waals surface area contributed by atoms with E-state index in [1.54, 1.807) is 46.1 Å². The maximum absolute atomic E-state index is 14.7. The predicted octanol–water partition coefficient (Wildman–Crippen LogP) is 10.6. The normalized spacial score (nSPS) is 18.1. The average molecular weight is 1220 g/mol. The van der Waals surface area contributed by atoms with Gasteiger partial charge in [-0.05, 0) is 114 Å². The van der Waals surface area contributed by atoms with Gasteiger partial charge >= 0.3 is 6.09 Å². The number of anilines is 2. The van der Waals surface area contributed by atoms with Gasteiger partial charge in [-0.15, -0.1) is 11.3 Å². The summed E-state index contributed by atoms with van der Waals surface area (Å²) in [6.45, 7) is 12.9. The highest BCUT2D eigenvalue weighted by molar-refractivity contribution is 7.10. The Hall–Kier alpha value is -6.75. The summed E-state index contributed by atoms with van der Waals surface area (Å²) in [6.07, 6.45) is 13.7. The molecule has 3 amide bonds. The smallest absolute Gasteiger partial charge is 0.410 e. The van der Waals surface area contributed by atoms with E-state index in [1.165, 1.54) is 10.5 Å². The third-order valence-corrected chi connectivity index (χ3v) is 17.3. The van der Waals surface area contributed by atoms with Gasteiger partial charge in [0.2, 0.25) is 17.8 Å². The monoisotopic (exact) mass is 1210 g/mol. The zero-order valence-corrected chi connectivity index (χ0v) is 52.8. The Kier molecular flexibility index (Phi) is 23.8. The molecule has 470 valence electrons. The van der Waals surface area contributed by atoms with Crippen molar-refractivity contribution in [2.75, 3.05) is 104 Å². The molecule has 2 saturated carbocycles. The number of thiazole rings is 1. The highest BCUT2D eigenvalue weighted by atomic mass is 32.1. The number of likely N-dealkylation sites (tertiary alicyclic amines) is 1. The zero-order chi connectivity index (χ0) is 61.1. The van der Waals surface area contributed by atoms with Crippen LogP contribution in [0.4, 0.5) is 16.6 Å². The molecule has 3 aromatic carbocycles. The molecule has 9 rings (SSSR count). The summed E-state index contributed by atoms with van der Waals surface area (Å²) in [5.74, 6) is 1.94. The lowest BCUT2D eigenvalue weighted by molar-refractivity contribution is -0.140. The first-order chi connectivity index (χ1) is 42.2. The number of hydrogen-bond donors (Lipinski definition) is 2. The van der Waals surface area contributed by atoms with Crippen molar-refractivity contribution >= 4 is 51.8 Å². The van der Waals surface area contributed by atoms with Gasteiger partial charge < -0.3 is 53.6 Å². The van der Waals surface area contributed by atoms with Crippen molar-refractivity contribution in [3.05, 3.63) is 101 Å². The van der Waals surface area contributed by atoms with Crippen LogP contribution in [0.1, 0.15) is 115 Å². The van der Waals surface area contributed by atoms with Gasteiger partial charge in [0.05, 0.1) is 101 Å². The molecule has 1 saturated heterocycles. The zero-order valence-electron chi connectivity index (χ0n) is 52.0. The van der Waals surface area contributed by atoms with E-state index in [4.69, 9.17) is 48.2 Å². The second-order valence-electron chi connectivity index (χ2n) is 24.0. The van der Waals surface area contributed by atoms with Gasteiger partial charge in [-0.25, -0.2) is 24.4 Å². The van der Waals surface area contributed by atoms with E-state index in [-0.39, 0.29) is 35.9 Å². The van der Waals surface area contributed by atoms with Crippen molar-refractivity contribution in [2.24, 2.45) is 5.92 Å². The molecule has 87 heavy (non-hydrogen) atoms. The number of fused-ring (bicyclic) bond motifs is 1. The summed E-state index contributed by atoms with van der Waals surface area (Å²) in [5, 5.41) is 16.3. The number of carbonyl (C=O) groups is 3. The third-order valence-electron chi connectivity index (χ3n) is 16.4. The van der Waals surface area contributed by atoms with Gasteiger partial charge in [-0.3, -0.25) is 14.5 Å². The topological polar surface area (TPSA) is 206 Å². The Morgan fingerprint density at radius 2 is 1.38 bits per heavy atom. The molecule has 3 atom stereocenters. The van der Waals surface area contributed by atoms with E-state index < -0.39 is 23.8 Å². The van der Waals surface area contributed by atoms with Crippen molar-refractivity contribution in [1.82, 2.24) is 39.8 Å². The average Bonchev–Trinajstić information content (AvgIpc) is 2.84. The van der Waals surface area contributed by atoms with Gasteiger partial charge in [0.25, 0.3) is 0 Å². The fraction of sp³-hybridized carbons (Fsp3) is 0.561. The van der Waals surface area contributed by atoms with E-state index in [1.807, 2.05) is 84.6 Å².